The molecule has 0 bridgehead atoms. The Hall–Kier alpha value is -2.72. The molecule has 1 N–H and O–H groups in total. The molecule has 0 radical (unpaired) electrons. The van der Waals surface area contributed by atoms with Crippen LogP contribution in [-0.4, -0.2) is 37.9 Å². The van der Waals surface area contributed by atoms with E-state index in [-0.39, 0.29) is 18.1 Å². The van der Waals surface area contributed by atoms with Crippen molar-refractivity contribution in [3.63, 3.8) is 0 Å². The maximum Gasteiger partial charge on any atom is 0.417 e. The van der Waals surface area contributed by atoms with Gasteiger partial charge in [-0.25, -0.2) is 0 Å². The molecule has 0 aromatic heterocycles. The fraction of sp³-hybridized carbons (Fsp3) is 0.458. The number of benzene rings is 2. The minimum atomic E-state index is -4.54. The Morgan fingerprint density at radius 3 is 2.19 bits per heavy atom. The van der Waals surface area contributed by atoms with Gasteiger partial charge in [-0.3, -0.25) is 0 Å². The second-order valence-electron chi connectivity index (χ2n) is 8.48. The van der Waals surface area contributed by atoms with Gasteiger partial charge in [-0.2, -0.15) is 18.4 Å². The van der Waals surface area contributed by atoms with Crippen molar-refractivity contribution in [1.29, 1.82) is 5.26 Å². The lowest BCUT2D eigenvalue weighted by Crippen LogP contribution is -2.34. The Kier molecular flexibility index (Phi) is 6.10. The van der Waals surface area contributed by atoms with Crippen LogP contribution in [0.2, 0.25) is 0 Å². The highest BCUT2D eigenvalue weighted by molar-refractivity contribution is 5.56. The fourth-order valence-corrected chi connectivity index (χ4v) is 4.66. The van der Waals surface area contributed by atoms with Crippen molar-refractivity contribution in [2.45, 2.75) is 31.4 Å². The normalized spacial score (nSPS) is 20.2. The number of alkyl halides is 3. The topological polar surface area (TPSA) is 50.5 Å². The van der Waals surface area contributed by atoms with Gasteiger partial charge >= 0.3 is 6.18 Å². The van der Waals surface area contributed by atoms with Gasteiger partial charge in [-0.1, -0.05) is 12.1 Å². The predicted molar refractivity (Wildman–Crippen MR) is 114 cm³/mol. The van der Waals surface area contributed by atoms with Gasteiger partial charge in [0.15, 0.2) is 0 Å². The number of hydrogen-bond donors (Lipinski definition) is 1. The molecule has 2 aromatic carbocycles. The average Bonchev–Trinajstić information content (AvgIpc) is 3.28. The van der Waals surface area contributed by atoms with E-state index in [9.17, 15) is 18.3 Å². The van der Waals surface area contributed by atoms with E-state index in [1.165, 1.54) is 17.3 Å². The summed E-state index contributed by atoms with van der Waals surface area (Å²) in [5.74, 6) is 0.666. The van der Waals surface area contributed by atoms with Gasteiger partial charge in [-0.15, -0.1) is 0 Å². The first kappa shape index (κ1) is 21.5. The molecule has 0 spiro atoms. The largest absolute Gasteiger partial charge is 0.417 e. The van der Waals surface area contributed by atoms with E-state index in [2.05, 4.69) is 29.2 Å². The van der Waals surface area contributed by atoms with E-state index in [1.807, 2.05) is 4.90 Å². The highest BCUT2D eigenvalue weighted by Crippen LogP contribution is 2.37. The van der Waals surface area contributed by atoms with Crippen molar-refractivity contribution in [2.24, 2.45) is 5.92 Å². The van der Waals surface area contributed by atoms with E-state index in [4.69, 9.17) is 5.26 Å². The monoisotopic (exact) mass is 429 g/mol. The summed E-state index contributed by atoms with van der Waals surface area (Å²) < 4.78 is 39.9. The molecule has 2 aliphatic rings. The molecule has 4 nitrogen and oxygen atoms in total. The Morgan fingerprint density at radius 1 is 0.935 bits per heavy atom. The molecule has 31 heavy (non-hydrogen) atoms. The van der Waals surface area contributed by atoms with Crippen LogP contribution in [0.15, 0.2) is 42.5 Å². The van der Waals surface area contributed by atoms with Crippen molar-refractivity contribution in [2.75, 3.05) is 42.6 Å². The third-order valence-corrected chi connectivity index (χ3v) is 6.58. The highest BCUT2D eigenvalue weighted by atomic mass is 19.4. The second kappa shape index (κ2) is 8.80. The first-order valence-corrected chi connectivity index (χ1v) is 10.7. The Bertz CT molecular complexity index is 944. The number of rotatable bonds is 4. The SMILES string of the molecule is N#Cc1ccc(N2CCC(c3ccc(N4CCC(CO)CC4)cc3)C2)cc1C(F)(F)F. The van der Waals surface area contributed by atoms with Gasteiger partial charge in [0.2, 0.25) is 0 Å². The van der Waals surface area contributed by atoms with E-state index >= 15 is 0 Å². The fourth-order valence-electron chi connectivity index (χ4n) is 4.66. The molecule has 2 fully saturated rings. The lowest BCUT2D eigenvalue weighted by atomic mass is 9.96. The predicted octanol–water partition coefficient (Wildman–Crippen LogP) is 4.78. The average molecular weight is 429 g/mol. The Labute approximate surface area is 180 Å². The standard InChI is InChI=1S/C24H26F3N3O/c25-24(26,27)23-13-22(6-3-19(23)14-28)30-12-9-20(15-30)18-1-4-21(5-2-18)29-10-7-17(16-31)8-11-29/h1-6,13,17,20,31H,7-12,15-16H2. The molecule has 0 aliphatic carbocycles. The van der Waals surface area contributed by atoms with Gasteiger partial charge in [0, 0.05) is 50.1 Å². The molecule has 2 aliphatic heterocycles. The van der Waals surface area contributed by atoms with Crippen LogP contribution in [0.25, 0.3) is 0 Å². The molecule has 7 heteroatoms. The molecule has 2 aromatic rings. The van der Waals surface area contributed by atoms with Crippen LogP contribution < -0.4 is 9.80 Å². The molecule has 1 atom stereocenters. The maximum atomic E-state index is 13.3. The van der Waals surface area contributed by atoms with Crippen molar-refractivity contribution in [3.8, 4) is 6.07 Å². The van der Waals surface area contributed by atoms with E-state index in [1.54, 1.807) is 12.1 Å². The molecule has 0 saturated carbocycles. The zero-order valence-corrected chi connectivity index (χ0v) is 17.3. The molecule has 0 amide bonds. The van der Waals surface area contributed by atoms with Gasteiger partial charge in [0.25, 0.3) is 0 Å². The van der Waals surface area contributed by atoms with Crippen LogP contribution >= 0.6 is 0 Å². The van der Waals surface area contributed by atoms with Gasteiger partial charge in [0.1, 0.15) is 0 Å². The Morgan fingerprint density at radius 2 is 1.58 bits per heavy atom. The Balaban J connectivity index is 1.43. The molecule has 1 unspecified atom stereocenters. The molecular weight excluding hydrogens is 403 g/mol. The number of hydrogen-bond acceptors (Lipinski definition) is 4. The van der Waals surface area contributed by atoms with Crippen molar-refractivity contribution >= 4 is 11.4 Å². The highest BCUT2D eigenvalue weighted by Gasteiger charge is 2.35. The number of aliphatic hydroxyl groups is 1. The third kappa shape index (κ3) is 4.64. The van der Waals surface area contributed by atoms with Crippen molar-refractivity contribution in [3.05, 3.63) is 59.2 Å². The number of halogens is 3. The zero-order chi connectivity index (χ0) is 22.0. The summed E-state index contributed by atoms with van der Waals surface area (Å²) in [5, 5.41) is 18.3. The summed E-state index contributed by atoms with van der Waals surface area (Å²) >= 11 is 0. The summed E-state index contributed by atoms with van der Waals surface area (Å²) in [6, 6.07) is 14.1. The lowest BCUT2D eigenvalue weighted by molar-refractivity contribution is -0.137. The summed E-state index contributed by atoms with van der Waals surface area (Å²) in [4.78, 5) is 4.31. The minimum absolute atomic E-state index is 0.259. The van der Waals surface area contributed by atoms with Gasteiger partial charge in [0.05, 0.1) is 17.2 Å². The smallest absolute Gasteiger partial charge is 0.396 e. The molecule has 2 saturated heterocycles. The van der Waals surface area contributed by atoms with Crippen LogP contribution in [0.3, 0.4) is 0 Å². The van der Waals surface area contributed by atoms with Crippen LogP contribution in [0, 0.1) is 17.2 Å². The number of anilines is 2. The zero-order valence-electron chi connectivity index (χ0n) is 17.3. The number of piperidine rings is 1. The summed E-state index contributed by atoms with van der Waals surface area (Å²) in [6.07, 6.45) is -1.66. The molecule has 164 valence electrons. The van der Waals surface area contributed by atoms with E-state index in [0.717, 1.165) is 38.4 Å². The lowest BCUT2D eigenvalue weighted by Gasteiger charge is -2.33. The quantitative estimate of drug-likeness (QED) is 0.760. The first-order chi connectivity index (χ1) is 14.9. The molecular formula is C24H26F3N3O. The maximum absolute atomic E-state index is 13.3. The van der Waals surface area contributed by atoms with Crippen LogP contribution in [0.4, 0.5) is 24.5 Å². The van der Waals surface area contributed by atoms with Crippen LogP contribution in [0.5, 0.6) is 0 Å². The first-order valence-electron chi connectivity index (χ1n) is 10.7. The number of aliphatic hydroxyl groups excluding tert-OH is 1. The summed E-state index contributed by atoms with van der Waals surface area (Å²) in [6.45, 7) is 3.49. The van der Waals surface area contributed by atoms with E-state index in [0.29, 0.717) is 24.7 Å². The number of nitriles is 1. The molecule has 4 rings (SSSR count). The molecule has 2 heterocycles. The third-order valence-electron chi connectivity index (χ3n) is 6.58. The summed E-state index contributed by atoms with van der Waals surface area (Å²) in [7, 11) is 0. The van der Waals surface area contributed by atoms with Crippen LogP contribution in [-0.2, 0) is 6.18 Å². The van der Waals surface area contributed by atoms with Crippen molar-refractivity contribution < 1.29 is 18.3 Å². The van der Waals surface area contributed by atoms with Crippen molar-refractivity contribution in [1.82, 2.24) is 0 Å². The minimum Gasteiger partial charge on any atom is -0.396 e. The van der Waals surface area contributed by atoms with Crippen LogP contribution in [0.1, 0.15) is 41.9 Å². The summed E-state index contributed by atoms with van der Waals surface area (Å²) in [5.41, 5.74) is 1.67. The van der Waals surface area contributed by atoms with Gasteiger partial charge in [-0.05, 0) is 61.1 Å². The number of nitrogens with zero attached hydrogens (tertiary/aromatic N) is 3. The van der Waals surface area contributed by atoms with Gasteiger partial charge < -0.3 is 14.9 Å². The van der Waals surface area contributed by atoms with E-state index < -0.39 is 11.7 Å². The second-order valence-corrected chi connectivity index (χ2v) is 8.48.